The number of ether oxygens (including phenoxy) is 1. The van der Waals surface area contributed by atoms with Crippen molar-refractivity contribution in [2.75, 3.05) is 5.32 Å². The van der Waals surface area contributed by atoms with Gasteiger partial charge >= 0.3 is 0 Å². The van der Waals surface area contributed by atoms with Crippen LogP contribution in [0.1, 0.15) is 30.0 Å². The molecule has 0 aliphatic carbocycles. The Hall–Kier alpha value is -4.43. The highest BCUT2D eigenvalue weighted by Crippen LogP contribution is 2.29. The van der Waals surface area contributed by atoms with Crippen molar-refractivity contribution in [3.8, 4) is 11.4 Å². The number of aromatic nitrogens is 3. The minimum Gasteiger partial charge on any atom is -0.485 e. The average Bonchev–Trinajstić information content (AvgIpc) is 3.34. The molecule has 0 unspecified atom stereocenters. The summed E-state index contributed by atoms with van der Waals surface area (Å²) in [5.74, 6) is 1.19. The normalized spacial score (nSPS) is 11.7. The number of nitrogens with one attached hydrogen (secondary N) is 1. The maximum atomic E-state index is 12.9. The molecule has 1 N–H and O–H groups in total. The van der Waals surface area contributed by atoms with Crippen LogP contribution in [0.5, 0.6) is 5.75 Å². The molecule has 190 valence electrons. The zero-order valence-corrected chi connectivity index (χ0v) is 21.8. The molecule has 0 fully saturated rings. The predicted octanol–water partition coefficient (Wildman–Crippen LogP) is 6.32. The number of hydrogen-bond acceptors (Lipinski definition) is 6. The second-order valence-corrected chi connectivity index (χ2v) is 10.0. The van der Waals surface area contributed by atoms with E-state index in [4.69, 9.17) is 4.74 Å². The highest BCUT2D eigenvalue weighted by Gasteiger charge is 2.22. The number of carbonyl (C=O) groups is 2. The van der Waals surface area contributed by atoms with Crippen LogP contribution in [0.25, 0.3) is 16.5 Å². The molecule has 0 bridgehead atoms. The van der Waals surface area contributed by atoms with E-state index in [0.717, 1.165) is 22.2 Å². The summed E-state index contributed by atoms with van der Waals surface area (Å²) in [5.41, 5.74) is 2.10. The van der Waals surface area contributed by atoms with Crippen LogP contribution in [0, 0.1) is 0 Å². The lowest BCUT2D eigenvalue weighted by molar-refractivity contribution is -0.115. The average molecular weight is 523 g/mol. The van der Waals surface area contributed by atoms with Gasteiger partial charge in [-0.3, -0.25) is 14.2 Å². The number of thioether (sulfide) groups is 1. The molecule has 7 nitrogen and oxygen atoms in total. The molecule has 5 rings (SSSR count). The van der Waals surface area contributed by atoms with Crippen LogP contribution >= 0.6 is 11.8 Å². The lowest BCUT2D eigenvalue weighted by atomic mass is 10.1. The third-order valence-electron chi connectivity index (χ3n) is 6.03. The summed E-state index contributed by atoms with van der Waals surface area (Å²) >= 11 is 1.31. The first-order valence-electron chi connectivity index (χ1n) is 12.2. The number of anilines is 1. The van der Waals surface area contributed by atoms with Crippen molar-refractivity contribution in [2.24, 2.45) is 0 Å². The number of Topliss-reactive ketones (excluding diaryl/α,β-unsaturated/α-hetero) is 1. The minimum atomic E-state index is -0.457. The Morgan fingerprint density at radius 2 is 1.61 bits per heavy atom. The molecule has 0 radical (unpaired) electrons. The topological polar surface area (TPSA) is 86.1 Å². The van der Waals surface area contributed by atoms with Crippen LogP contribution in [0.15, 0.2) is 102 Å². The van der Waals surface area contributed by atoms with E-state index in [9.17, 15) is 9.59 Å². The largest absolute Gasteiger partial charge is 0.485 e. The number of ketones is 1. The summed E-state index contributed by atoms with van der Waals surface area (Å²) < 4.78 is 8.12. The standard InChI is InChI=1S/C30H26N4O3S/c1-20(35)22-15-17-24(18-16-22)31-29(36)21(2)38-30-33-32-28(34(30)25-11-4-3-5-12-25)19-37-27-14-8-10-23-9-6-7-13-26(23)27/h3-18,21H,19H2,1-2H3,(H,31,36)/t21-/m0/s1. The molecular weight excluding hydrogens is 496 g/mol. The molecule has 5 aromatic rings. The van der Waals surface area contributed by atoms with Crippen molar-refractivity contribution in [1.29, 1.82) is 0 Å². The van der Waals surface area contributed by atoms with Gasteiger partial charge in [0.25, 0.3) is 0 Å². The zero-order chi connectivity index (χ0) is 26.5. The third-order valence-corrected chi connectivity index (χ3v) is 7.07. The summed E-state index contributed by atoms with van der Waals surface area (Å²) in [6, 6.07) is 30.6. The Labute approximate surface area is 224 Å². The Kier molecular flexibility index (Phi) is 7.51. The van der Waals surface area contributed by atoms with Gasteiger partial charge in [-0.1, -0.05) is 66.4 Å². The summed E-state index contributed by atoms with van der Waals surface area (Å²) in [5, 5.41) is 14.0. The molecule has 0 aliphatic rings. The molecule has 1 aromatic heterocycles. The van der Waals surface area contributed by atoms with Crippen molar-refractivity contribution in [2.45, 2.75) is 30.9 Å². The lowest BCUT2D eigenvalue weighted by Gasteiger charge is -2.15. The van der Waals surface area contributed by atoms with E-state index >= 15 is 0 Å². The lowest BCUT2D eigenvalue weighted by Crippen LogP contribution is -2.23. The first-order chi connectivity index (χ1) is 18.5. The second kappa shape index (κ2) is 11.3. The van der Waals surface area contributed by atoms with Crippen molar-refractivity contribution >= 4 is 39.9 Å². The number of benzene rings is 4. The number of nitrogens with zero attached hydrogens (tertiary/aromatic N) is 3. The Morgan fingerprint density at radius 3 is 2.37 bits per heavy atom. The van der Waals surface area contributed by atoms with Gasteiger partial charge in [-0.25, -0.2) is 0 Å². The molecular formula is C30H26N4O3S. The third kappa shape index (κ3) is 5.60. The van der Waals surface area contributed by atoms with Gasteiger partial charge in [-0.15, -0.1) is 10.2 Å². The Bertz CT molecular complexity index is 1580. The van der Waals surface area contributed by atoms with Gasteiger partial charge in [0.1, 0.15) is 12.4 Å². The SMILES string of the molecule is CC(=O)c1ccc(NC(=O)[C@H](C)Sc2nnc(COc3cccc4ccccc34)n2-c2ccccc2)cc1. The molecule has 0 spiro atoms. The molecule has 1 atom stereocenters. The summed E-state index contributed by atoms with van der Waals surface area (Å²) in [6.07, 6.45) is 0. The van der Waals surface area contributed by atoms with Crippen molar-refractivity contribution in [3.63, 3.8) is 0 Å². The van der Waals surface area contributed by atoms with Crippen LogP contribution in [-0.2, 0) is 11.4 Å². The van der Waals surface area contributed by atoms with Crippen molar-refractivity contribution in [1.82, 2.24) is 14.8 Å². The smallest absolute Gasteiger partial charge is 0.237 e. The van der Waals surface area contributed by atoms with E-state index in [1.807, 2.05) is 84.3 Å². The van der Waals surface area contributed by atoms with Gasteiger partial charge in [0.2, 0.25) is 5.91 Å². The van der Waals surface area contributed by atoms with Crippen LogP contribution in [0.4, 0.5) is 5.69 Å². The van der Waals surface area contributed by atoms with Crippen LogP contribution in [0.2, 0.25) is 0 Å². The van der Waals surface area contributed by atoms with Crippen LogP contribution < -0.4 is 10.1 Å². The van der Waals surface area contributed by atoms with Gasteiger partial charge in [0, 0.05) is 22.3 Å². The van der Waals surface area contributed by atoms with Gasteiger partial charge in [0.15, 0.2) is 16.8 Å². The van der Waals surface area contributed by atoms with Gasteiger partial charge in [-0.05, 0) is 61.7 Å². The van der Waals surface area contributed by atoms with Gasteiger partial charge in [0.05, 0.1) is 5.25 Å². The number of carbonyl (C=O) groups excluding carboxylic acids is 2. The highest BCUT2D eigenvalue weighted by molar-refractivity contribution is 8.00. The molecule has 0 saturated heterocycles. The fourth-order valence-electron chi connectivity index (χ4n) is 4.01. The van der Waals surface area contributed by atoms with Crippen LogP contribution in [-0.4, -0.2) is 31.7 Å². The molecule has 1 heterocycles. The fraction of sp³-hybridized carbons (Fsp3) is 0.133. The maximum absolute atomic E-state index is 12.9. The van der Waals surface area contributed by atoms with Gasteiger partial charge < -0.3 is 10.1 Å². The van der Waals surface area contributed by atoms with E-state index < -0.39 is 5.25 Å². The summed E-state index contributed by atoms with van der Waals surface area (Å²) in [4.78, 5) is 24.5. The van der Waals surface area contributed by atoms with Gasteiger partial charge in [-0.2, -0.15) is 0 Å². The number of rotatable bonds is 9. The van der Waals surface area contributed by atoms with E-state index in [1.54, 1.807) is 24.3 Å². The van der Waals surface area contributed by atoms with Crippen LogP contribution in [0.3, 0.4) is 0 Å². The number of amides is 1. The van der Waals surface area contributed by atoms with Crippen molar-refractivity contribution in [3.05, 3.63) is 108 Å². The molecule has 0 aliphatic heterocycles. The molecule has 1 amide bonds. The fourth-order valence-corrected chi connectivity index (χ4v) is 4.90. The maximum Gasteiger partial charge on any atom is 0.237 e. The highest BCUT2D eigenvalue weighted by atomic mass is 32.2. The molecule has 4 aromatic carbocycles. The van der Waals surface area contributed by atoms with E-state index in [2.05, 4.69) is 15.5 Å². The molecule has 8 heteroatoms. The van der Waals surface area contributed by atoms with E-state index in [0.29, 0.717) is 22.2 Å². The minimum absolute atomic E-state index is 0.0210. The summed E-state index contributed by atoms with van der Waals surface area (Å²) in [7, 11) is 0. The number of hydrogen-bond donors (Lipinski definition) is 1. The van der Waals surface area contributed by atoms with E-state index in [-0.39, 0.29) is 18.3 Å². The zero-order valence-electron chi connectivity index (χ0n) is 21.0. The van der Waals surface area contributed by atoms with E-state index in [1.165, 1.54) is 18.7 Å². The number of para-hydroxylation sites is 1. The molecule has 38 heavy (non-hydrogen) atoms. The predicted molar refractivity (Wildman–Crippen MR) is 150 cm³/mol. The monoisotopic (exact) mass is 522 g/mol. The Morgan fingerprint density at radius 1 is 0.895 bits per heavy atom. The number of fused-ring (bicyclic) bond motifs is 1. The first kappa shape index (κ1) is 25.2. The van der Waals surface area contributed by atoms with Crippen molar-refractivity contribution < 1.29 is 14.3 Å². The first-order valence-corrected chi connectivity index (χ1v) is 13.1. The second-order valence-electron chi connectivity index (χ2n) is 8.72. The molecule has 0 saturated carbocycles. The quantitative estimate of drug-likeness (QED) is 0.180. The summed E-state index contributed by atoms with van der Waals surface area (Å²) in [6.45, 7) is 3.54. The Balaban J connectivity index is 1.35.